The van der Waals surface area contributed by atoms with Crippen LogP contribution in [0.3, 0.4) is 0 Å². The molecule has 0 aromatic heterocycles. The Morgan fingerprint density at radius 3 is 2.47 bits per heavy atom. The molecule has 45 heavy (non-hydrogen) atoms. The fourth-order valence-electron chi connectivity index (χ4n) is 4.47. The molecule has 3 aromatic rings. The third kappa shape index (κ3) is 7.63. The van der Waals surface area contributed by atoms with Crippen LogP contribution in [0.1, 0.15) is 37.0 Å². The number of ether oxygens (including phenoxy) is 4. The highest BCUT2D eigenvalue weighted by Crippen LogP contribution is 2.38. The van der Waals surface area contributed by atoms with Crippen LogP contribution in [0.4, 0.5) is 16.2 Å². The first-order valence-corrected chi connectivity index (χ1v) is 15.0. The molecule has 11 nitrogen and oxygen atoms in total. The van der Waals surface area contributed by atoms with Crippen LogP contribution in [-0.4, -0.2) is 50.7 Å². The van der Waals surface area contributed by atoms with Crippen LogP contribution in [0.25, 0.3) is 6.08 Å². The maximum Gasteiger partial charge on any atom is 0.335 e. The molecule has 5 amide bonds. The SMILES string of the molecule is CCCOc1ccc(N2C(=O)NC(=O)/C(=C/c3cc(Br)c(OCC(=O)Nc4cccc(C)c4C)c(OCC)c3)C2=O)cc1OC. The second-order valence-corrected chi connectivity index (χ2v) is 10.8. The van der Waals surface area contributed by atoms with Crippen molar-refractivity contribution in [3.05, 3.63) is 75.3 Å². The summed E-state index contributed by atoms with van der Waals surface area (Å²) in [7, 11) is 1.45. The lowest BCUT2D eigenvalue weighted by Crippen LogP contribution is -2.54. The minimum absolute atomic E-state index is 0.190. The van der Waals surface area contributed by atoms with E-state index in [9.17, 15) is 19.2 Å². The number of hydrogen-bond acceptors (Lipinski definition) is 8. The summed E-state index contributed by atoms with van der Waals surface area (Å²) in [5.74, 6) is -0.712. The molecule has 0 aliphatic carbocycles. The number of aryl methyl sites for hydroxylation is 1. The summed E-state index contributed by atoms with van der Waals surface area (Å²) in [4.78, 5) is 52.7. The normalized spacial score (nSPS) is 13.9. The van der Waals surface area contributed by atoms with Gasteiger partial charge in [-0.1, -0.05) is 19.1 Å². The molecule has 0 unspecified atom stereocenters. The Bertz CT molecular complexity index is 1670. The smallest absolute Gasteiger partial charge is 0.335 e. The molecule has 236 valence electrons. The first-order valence-electron chi connectivity index (χ1n) is 14.2. The first-order chi connectivity index (χ1) is 21.6. The number of nitrogens with one attached hydrogen (secondary N) is 2. The zero-order valence-corrected chi connectivity index (χ0v) is 27.2. The quantitative estimate of drug-likeness (QED) is 0.177. The van der Waals surface area contributed by atoms with Crippen molar-refractivity contribution in [3.63, 3.8) is 0 Å². The highest BCUT2D eigenvalue weighted by molar-refractivity contribution is 9.10. The molecule has 0 radical (unpaired) electrons. The number of halogens is 1. The highest BCUT2D eigenvalue weighted by atomic mass is 79.9. The number of barbiturate groups is 1. The first kappa shape index (κ1) is 33.1. The van der Waals surface area contributed by atoms with E-state index >= 15 is 0 Å². The molecule has 0 spiro atoms. The predicted molar refractivity (Wildman–Crippen MR) is 173 cm³/mol. The van der Waals surface area contributed by atoms with Crippen molar-refractivity contribution in [1.82, 2.24) is 5.32 Å². The maximum absolute atomic E-state index is 13.5. The predicted octanol–water partition coefficient (Wildman–Crippen LogP) is 5.95. The number of rotatable bonds is 12. The number of amides is 5. The van der Waals surface area contributed by atoms with Gasteiger partial charge in [-0.3, -0.25) is 19.7 Å². The van der Waals surface area contributed by atoms with Crippen LogP contribution in [0.2, 0.25) is 0 Å². The largest absolute Gasteiger partial charge is 0.493 e. The number of methoxy groups -OCH3 is 1. The summed E-state index contributed by atoms with van der Waals surface area (Å²) >= 11 is 3.46. The van der Waals surface area contributed by atoms with E-state index < -0.39 is 17.8 Å². The van der Waals surface area contributed by atoms with Crippen molar-refractivity contribution in [2.24, 2.45) is 0 Å². The Balaban J connectivity index is 1.59. The van der Waals surface area contributed by atoms with Gasteiger partial charge in [0, 0.05) is 11.8 Å². The molecule has 4 rings (SSSR count). The minimum Gasteiger partial charge on any atom is -0.493 e. The van der Waals surface area contributed by atoms with Crippen LogP contribution in [0.15, 0.2) is 58.6 Å². The van der Waals surface area contributed by atoms with Gasteiger partial charge in [0.1, 0.15) is 5.57 Å². The van der Waals surface area contributed by atoms with E-state index in [1.807, 2.05) is 39.0 Å². The number of anilines is 2. The summed E-state index contributed by atoms with van der Waals surface area (Å²) in [6.45, 7) is 8.07. The Kier molecular flexibility index (Phi) is 10.8. The van der Waals surface area contributed by atoms with Gasteiger partial charge in [-0.15, -0.1) is 0 Å². The second kappa shape index (κ2) is 14.8. The van der Waals surface area contributed by atoms with Crippen molar-refractivity contribution in [2.75, 3.05) is 37.1 Å². The fourth-order valence-corrected chi connectivity index (χ4v) is 5.04. The molecule has 3 aromatic carbocycles. The summed E-state index contributed by atoms with van der Waals surface area (Å²) in [6.07, 6.45) is 2.13. The lowest BCUT2D eigenvalue weighted by molar-refractivity contribution is -0.122. The van der Waals surface area contributed by atoms with Crippen LogP contribution in [0, 0.1) is 13.8 Å². The van der Waals surface area contributed by atoms with E-state index in [0.717, 1.165) is 22.4 Å². The zero-order valence-electron chi connectivity index (χ0n) is 25.6. The topological polar surface area (TPSA) is 132 Å². The van der Waals surface area contributed by atoms with Crippen molar-refractivity contribution in [1.29, 1.82) is 0 Å². The molecule has 1 aliphatic rings. The Morgan fingerprint density at radius 1 is 0.978 bits per heavy atom. The lowest BCUT2D eigenvalue weighted by Gasteiger charge is -2.27. The van der Waals surface area contributed by atoms with Crippen LogP contribution >= 0.6 is 15.9 Å². The zero-order chi connectivity index (χ0) is 32.7. The molecule has 0 saturated carbocycles. The number of carbonyl (C=O) groups is 4. The minimum atomic E-state index is -0.898. The molecule has 12 heteroatoms. The van der Waals surface area contributed by atoms with Gasteiger partial charge >= 0.3 is 6.03 Å². The molecule has 1 saturated heterocycles. The fraction of sp³-hybridized carbons (Fsp3) is 0.273. The third-order valence-corrected chi connectivity index (χ3v) is 7.43. The summed E-state index contributed by atoms with van der Waals surface area (Å²) in [5.41, 5.74) is 3.01. The third-order valence-electron chi connectivity index (χ3n) is 6.84. The standard InChI is InChI=1S/C33H34BrN3O8/c1-6-13-44-26-12-11-22(17-27(26)42-5)37-32(40)23(31(39)36-33(37)41)14-21-15-24(34)30(28(16-21)43-7-2)45-18-29(38)35-25-10-8-9-19(3)20(25)4/h8-12,14-17H,6-7,13,18H2,1-5H3,(H,35,38)(H,36,39,41)/b23-14-. The Morgan fingerprint density at radius 2 is 1.76 bits per heavy atom. The van der Waals surface area contributed by atoms with Gasteiger partial charge in [0.15, 0.2) is 29.6 Å². The summed E-state index contributed by atoms with van der Waals surface area (Å²) < 4.78 is 23.1. The highest BCUT2D eigenvalue weighted by Gasteiger charge is 2.37. The summed E-state index contributed by atoms with van der Waals surface area (Å²) in [5, 5.41) is 5.06. The number of carbonyl (C=O) groups excluding carboxylic acids is 4. The molecule has 2 N–H and O–H groups in total. The molecular weight excluding hydrogens is 646 g/mol. The van der Waals surface area contributed by atoms with Crippen molar-refractivity contribution < 1.29 is 38.1 Å². The molecule has 1 heterocycles. The van der Waals surface area contributed by atoms with Gasteiger partial charge in [-0.25, -0.2) is 9.69 Å². The van der Waals surface area contributed by atoms with Gasteiger partial charge in [-0.2, -0.15) is 0 Å². The van der Waals surface area contributed by atoms with Crippen LogP contribution in [0.5, 0.6) is 23.0 Å². The average molecular weight is 681 g/mol. The van der Waals surface area contributed by atoms with E-state index in [0.29, 0.717) is 33.8 Å². The van der Waals surface area contributed by atoms with E-state index in [2.05, 4.69) is 26.6 Å². The maximum atomic E-state index is 13.5. The second-order valence-electron chi connectivity index (χ2n) is 9.99. The van der Waals surface area contributed by atoms with E-state index in [1.165, 1.54) is 25.3 Å². The average Bonchev–Trinajstić information content (AvgIpc) is 3.00. The molecule has 0 bridgehead atoms. The molecule has 1 aliphatic heterocycles. The van der Waals surface area contributed by atoms with Crippen molar-refractivity contribution in [2.45, 2.75) is 34.1 Å². The van der Waals surface area contributed by atoms with Crippen molar-refractivity contribution in [3.8, 4) is 23.0 Å². The lowest BCUT2D eigenvalue weighted by atomic mass is 10.1. The van der Waals surface area contributed by atoms with E-state index in [1.54, 1.807) is 25.1 Å². The van der Waals surface area contributed by atoms with Crippen LogP contribution < -0.4 is 34.5 Å². The number of urea groups is 1. The number of nitrogens with zero attached hydrogens (tertiary/aromatic N) is 1. The van der Waals surface area contributed by atoms with Gasteiger partial charge < -0.3 is 24.3 Å². The van der Waals surface area contributed by atoms with Gasteiger partial charge in [0.25, 0.3) is 17.7 Å². The summed E-state index contributed by atoms with van der Waals surface area (Å²) in [6, 6.07) is 12.5. The van der Waals surface area contributed by atoms with Gasteiger partial charge in [0.2, 0.25) is 0 Å². The molecule has 0 atom stereocenters. The Labute approximate surface area is 269 Å². The number of benzene rings is 3. The van der Waals surface area contributed by atoms with Crippen molar-refractivity contribution >= 4 is 57.1 Å². The molecular formula is C33H34BrN3O8. The van der Waals surface area contributed by atoms with Gasteiger partial charge in [0.05, 0.1) is 30.5 Å². The molecule has 1 fully saturated rings. The van der Waals surface area contributed by atoms with Gasteiger partial charge in [-0.05, 0) is 96.2 Å². The van der Waals surface area contributed by atoms with E-state index in [-0.39, 0.29) is 41.9 Å². The Hall–Kier alpha value is -4.84. The van der Waals surface area contributed by atoms with E-state index in [4.69, 9.17) is 18.9 Å². The monoisotopic (exact) mass is 679 g/mol. The number of hydrogen-bond donors (Lipinski definition) is 2. The number of imide groups is 2. The van der Waals surface area contributed by atoms with Crippen LogP contribution in [-0.2, 0) is 14.4 Å².